The van der Waals surface area contributed by atoms with E-state index in [1.165, 1.54) is 6.07 Å². The number of rotatable bonds is 7. The summed E-state index contributed by atoms with van der Waals surface area (Å²) >= 11 is 0. The molecule has 2 atom stereocenters. The lowest BCUT2D eigenvalue weighted by molar-refractivity contribution is -0.127. The van der Waals surface area contributed by atoms with Crippen LogP contribution in [0, 0.1) is 17.6 Å². The van der Waals surface area contributed by atoms with Crippen LogP contribution in [-0.4, -0.2) is 25.0 Å². The van der Waals surface area contributed by atoms with Crippen molar-refractivity contribution >= 4 is 17.5 Å². The highest BCUT2D eigenvalue weighted by Crippen LogP contribution is 2.31. The summed E-state index contributed by atoms with van der Waals surface area (Å²) in [6.07, 6.45) is 0.251. The molecule has 1 saturated heterocycles. The van der Waals surface area contributed by atoms with Gasteiger partial charge in [-0.2, -0.15) is 8.78 Å². The molecule has 1 heterocycles. The predicted octanol–water partition coefficient (Wildman–Crippen LogP) is 4.19. The molecule has 1 fully saturated rings. The Morgan fingerprint density at radius 3 is 2.63 bits per heavy atom. The van der Waals surface area contributed by atoms with Crippen LogP contribution in [0.15, 0.2) is 42.5 Å². The van der Waals surface area contributed by atoms with Gasteiger partial charge in [-0.3, -0.25) is 9.59 Å². The van der Waals surface area contributed by atoms with Gasteiger partial charge in [0.15, 0.2) is 0 Å². The van der Waals surface area contributed by atoms with Crippen LogP contribution >= 0.6 is 0 Å². The summed E-state index contributed by atoms with van der Waals surface area (Å²) in [5.41, 5.74) is 0.291. The Hall–Kier alpha value is -3.10. The van der Waals surface area contributed by atoms with E-state index in [0.717, 1.165) is 17.0 Å². The van der Waals surface area contributed by atoms with Crippen LogP contribution in [-0.2, 0) is 9.59 Å². The van der Waals surface area contributed by atoms with Crippen molar-refractivity contribution in [3.63, 3.8) is 0 Å². The van der Waals surface area contributed by atoms with Crippen LogP contribution in [0.5, 0.6) is 5.75 Å². The zero-order chi connectivity index (χ0) is 21.8. The summed E-state index contributed by atoms with van der Waals surface area (Å²) in [5.74, 6) is -3.40. The molecule has 2 aromatic carbocycles. The van der Waals surface area contributed by atoms with Crippen molar-refractivity contribution in [1.29, 1.82) is 0 Å². The molecule has 0 aliphatic carbocycles. The third kappa shape index (κ3) is 4.72. The van der Waals surface area contributed by atoms with Crippen molar-refractivity contribution in [3.8, 4) is 5.75 Å². The molecule has 30 heavy (non-hydrogen) atoms. The van der Waals surface area contributed by atoms with Gasteiger partial charge in [0.25, 0.3) is 0 Å². The molecule has 0 radical (unpaired) electrons. The van der Waals surface area contributed by atoms with Crippen LogP contribution in [0.25, 0.3) is 0 Å². The second-order valence-electron chi connectivity index (χ2n) is 6.89. The number of benzene rings is 2. The highest BCUT2D eigenvalue weighted by molar-refractivity contribution is 6.00. The number of alkyl halides is 2. The normalized spacial score (nSPS) is 17.3. The molecule has 9 heteroatoms. The first-order valence-electron chi connectivity index (χ1n) is 9.39. The van der Waals surface area contributed by atoms with Crippen LogP contribution in [0.4, 0.5) is 23.2 Å². The number of nitrogens with zero attached hydrogens (tertiary/aromatic N) is 1. The van der Waals surface area contributed by atoms with Crippen LogP contribution < -0.4 is 15.0 Å². The number of nitrogens with one attached hydrogen (secondary N) is 1. The first-order valence-corrected chi connectivity index (χ1v) is 9.39. The average Bonchev–Trinajstić information content (AvgIpc) is 3.08. The van der Waals surface area contributed by atoms with Crippen molar-refractivity contribution in [1.82, 2.24) is 5.32 Å². The number of carbonyl (C=O) groups is 2. The molecular weight excluding hydrogens is 404 g/mol. The monoisotopic (exact) mass is 424 g/mol. The van der Waals surface area contributed by atoms with Crippen LogP contribution in [0.3, 0.4) is 0 Å². The lowest BCUT2D eigenvalue weighted by atomic mass is 10.0. The first kappa shape index (κ1) is 21.6. The molecule has 2 aromatic rings. The van der Waals surface area contributed by atoms with Gasteiger partial charge in [0.05, 0.1) is 17.6 Å². The Morgan fingerprint density at radius 1 is 1.23 bits per heavy atom. The lowest BCUT2D eigenvalue weighted by Crippen LogP contribution is -2.35. The molecular formula is C21H20F4N2O3. The highest BCUT2D eigenvalue weighted by Gasteiger charge is 2.37. The minimum Gasteiger partial charge on any atom is -0.434 e. The molecule has 0 saturated carbocycles. The van der Waals surface area contributed by atoms with Gasteiger partial charge in [0.2, 0.25) is 11.8 Å². The van der Waals surface area contributed by atoms with Crippen molar-refractivity contribution < 1.29 is 31.9 Å². The fraction of sp³-hybridized carbons (Fsp3) is 0.333. The standard InChI is InChI=1S/C21H20F4N2O3/c1-2-16(14-5-3-4-6-18(14)30-21(24)25)26-20(29)12-9-19(28)27(11-12)17-8-7-13(22)10-15(17)23/h3-8,10,12,16,21H,2,9,11H2,1H3,(H,26,29). The molecule has 2 amide bonds. The number of ether oxygens (including phenoxy) is 1. The topological polar surface area (TPSA) is 58.6 Å². The van der Waals surface area contributed by atoms with Crippen molar-refractivity contribution in [2.45, 2.75) is 32.4 Å². The Bertz CT molecular complexity index is 938. The highest BCUT2D eigenvalue weighted by atomic mass is 19.3. The minimum absolute atomic E-state index is 0.0443. The largest absolute Gasteiger partial charge is 0.434 e. The predicted molar refractivity (Wildman–Crippen MR) is 101 cm³/mol. The summed E-state index contributed by atoms with van der Waals surface area (Å²) < 4.78 is 57.0. The SMILES string of the molecule is CCC(NC(=O)C1CC(=O)N(c2ccc(F)cc2F)C1)c1ccccc1OC(F)F. The second kappa shape index (κ2) is 9.15. The Balaban J connectivity index is 1.73. The maximum Gasteiger partial charge on any atom is 0.387 e. The average molecular weight is 424 g/mol. The molecule has 2 unspecified atom stereocenters. The summed E-state index contributed by atoms with van der Waals surface area (Å²) in [6.45, 7) is -1.31. The maximum absolute atomic E-state index is 14.0. The van der Waals surface area contributed by atoms with E-state index in [9.17, 15) is 27.2 Å². The zero-order valence-corrected chi connectivity index (χ0v) is 16.1. The van der Waals surface area contributed by atoms with E-state index in [2.05, 4.69) is 10.1 Å². The third-order valence-electron chi connectivity index (χ3n) is 4.93. The molecule has 1 aliphatic heterocycles. The number of halogens is 4. The number of hydrogen-bond acceptors (Lipinski definition) is 3. The molecule has 1 aliphatic rings. The molecule has 0 aromatic heterocycles. The summed E-state index contributed by atoms with van der Waals surface area (Å²) in [5, 5.41) is 2.76. The first-order chi connectivity index (χ1) is 14.3. The van der Waals surface area contributed by atoms with Crippen molar-refractivity contribution in [2.75, 3.05) is 11.4 Å². The Kier molecular flexibility index (Phi) is 6.59. The van der Waals surface area contributed by atoms with Gasteiger partial charge in [0, 0.05) is 24.6 Å². The molecule has 0 bridgehead atoms. The second-order valence-corrected chi connectivity index (χ2v) is 6.89. The minimum atomic E-state index is -3.01. The fourth-order valence-corrected chi connectivity index (χ4v) is 3.48. The number of anilines is 1. The van der Waals surface area contributed by atoms with Gasteiger partial charge in [-0.05, 0) is 24.6 Å². The van der Waals surface area contributed by atoms with Crippen LogP contribution in [0.1, 0.15) is 31.4 Å². The smallest absolute Gasteiger partial charge is 0.387 e. The number of amides is 2. The van der Waals surface area contributed by atoms with Crippen molar-refractivity contribution in [3.05, 3.63) is 59.7 Å². The van der Waals surface area contributed by atoms with E-state index in [-0.39, 0.29) is 24.4 Å². The lowest BCUT2D eigenvalue weighted by Gasteiger charge is -2.22. The molecule has 160 valence electrons. The number of para-hydroxylation sites is 1. The van der Waals surface area contributed by atoms with Gasteiger partial charge < -0.3 is 15.0 Å². The number of hydrogen-bond donors (Lipinski definition) is 1. The summed E-state index contributed by atoms with van der Waals surface area (Å²) in [6, 6.07) is 8.38. The molecule has 3 rings (SSSR count). The maximum atomic E-state index is 14.0. The molecule has 1 N–H and O–H groups in total. The summed E-state index contributed by atoms with van der Waals surface area (Å²) in [7, 11) is 0. The van der Waals surface area contributed by atoms with E-state index in [1.807, 2.05) is 0 Å². The quantitative estimate of drug-likeness (QED) is 0.679. The van der Waals surface area contributed by atoms with Gasteiger partial charge in [0.1, 0.15) is 17.4 Å². The van der Waals surface area contributed by atoms with E-state index in [0.29, 0.717) is 18.1 Å². The van der Waals surface area contributed by atoms with E-state index < -0.39 is 42.0 Å². The van der Waals surface area contributed by atoms with Gasteiger partial charge in [-0.1, -0.05) is 25.1 Å². The summed E-state index contributed by atoms with van der Waals surface area (Å²) in [4.78, 5) is 26.2. The van der Waals surface area contributed by atoms with E-state index >= 15 is 0 Å². The fourth-order valence-electron chi connectivity index (χ4n) is 3.48. The Labute approximate surface area is 170 Å². The molecule has 0 spiro atoms. The Morgan fingerprint density at radius 2 is 1.97 bits per heavy atom. The van der Waals surface area contributed by atoms with Crippen LogP contribution in [0.2, 0.25) is 0 Å². The number of carbonyl (C=O) groups excluding carboxylic acids is 2. The third-order valence-corrected chi connectivity index (χ3v) is 4.93. The van der Waals surface area contributed by atoms with E-state index in [4.69, 9.17) is 0 Å². The van der Waals surface area contributed by atoms with E-state index in [1.54, 1.807) is 25.1 Å². The zero-order valence-electron chi connectivity index (χ0n) is 16.1. The van der Waals surface area contributed by atoms with Gasteiger partial charge >= 0.3 is 6.61 Å². The van der Waals surface area contributed by atoms with Gasteiger partial charge in [-0.15, -0.1) is 0 Å². The van der Waals surface area contributed by atoms with Crippen molar-refractivity contribution in [2.24, 2.45) is 5.92 Å². The van der Waals surface area contributed by atoms with Gasteiger partial charge in [-0.25, -0.2) is 8.78 Å². The molecule has 5 nitrogen and oxygen atoms in total.